The van der Waals surface area contributed by atoms with Crippen LogP contribution in [0, 0.1) is 0 Å². The zero-order valence-electron chi connectivity index (χ0n) is 28.0. The van der Waals surface area contributed by atoms with Gasteiger partial charge in [-0.25, -0.2) is 0 Å². The maximum Gasteiger partial charge on any atom is 0.143 e. The van der Waals surface area contributed by atoms with E-state index >= 15 is 0 Å². The van der Waals surface area contributed by atoms with E-state index in [2.05, 4.69) is 54.6 Å². The quantitative estimate of drug-likeness (QED) is 0.199. The molecule has 200 valence electrons. The minimum atomic E-state index is -0.397. The first-order valence-electron chi connectivity index (χ1n) is 16.9. The predicted molar refractivity (Wildman–Crippen MR) is 183 cm³/mol. The van der Waals surface area contributed by atoms with Crippen molar-refractivity contribution in [1.29, 1.82) is 0 Å². The molecule has 1 nitrogen and oxygen atoms in total. The highest BCUT2D eigenvalue weighted by atomic mass is 16.3. The fourth-order valence-electron chi connectivity index (χ4n) is 6.69. The molecule has 0 spiro atoms. The Hall–Kier alpha value is -5.66. The molecule has 0 atom stereocenters. The first-order chi connectivity index (χ1) is 23.4. The van der Waals surface area contributed by atoms with E-state index in [4.69, 9.17) is 11.3 Å². The third-order valence-electron chi connectivity index (χ3n) is 8.55. The summed E-state index contributed by atoms with van der Waals surface area (Å²) >= 11 is 0. The second-order valence-electron chi connectivity index (χ2n) is 10.9. The number of furan rings is 1. The molecule has 0 radical (unpaired) electrons. The lowest BCUT2D eigenvalue weighted by atomic mass is 9.85. The van der Waals surface area contributed by atoms with Crippen molar-refractivity contribution in [3.8, 4) is 33.4 Å². The van der Waals surface area contributed by atoms with E-state index in [0.29, 0.717) is 5.56 Å². The second-order valence-corrected chi connectivity index (χ2v) is 10.9. The smallest absolute Gasteiger partial charge is 0.143 e. The summed E-state index contributed by atoms with van der Waals surface area (Å²) in [5.74, 6) is 0. The molecular formula is C42H26O. The summed E-state index contributed by atoms with van der Waals surface area (Å²) in [5.41, 5.74) is 6.82. The largest absolute Gasteiger partial charge is 0.455 e. The second kappa shape index (κ2) is 9.44. The Labute approximate surface area is 256 Å². The van der Waals surface area contributed by atoms with Crippen LogP contribution in [0.25, 0.3) is 87.6 Å². The van der Waals surface area contributed by atoms with Gasteiger partial charge in [-0.05, 0) is 72.4 Å². The van der Waals surface area contributed by atoms with Crippen LogP contribution in [-0.4, -0.2) is 0 Å². The lowest BCUT2D eigenvalue weighted by Gasteiger charge is -2.18. The molecule has 0 bridgehead atoms. The Morgan fingerprint density at radius 3 is 1.67 bits per heavy atom. The van der Waals surface area contributed by atoms with Crippen molar-refractivity contribution in [2.45, 2.75) is 0 Å². The van der Waals surface area contributed by atoms with Crippen molar-refractivity contribution in [2.24, 2.45) is 0 Å². The molecule has 0 N–H and O–H groups in total. The zero-order chi connectivity index (χ0) is 32.7. The summed E-state index contributed by atoms with van der Waals surface area (Å²) in [6.45, 7) is 0. The monoisotopic (exact) mass is 551 g/mol. The molecule has 0 fully saturated rings. The van der Waals surface area contributed by atoms with Crippen LogP contribution in [0.3, 0.4) is 0 Å². The van der Waals surface area contributed by atoms with Gasteiger partial charge in [-0.3, -0.25) is 0 Å². The molecule has 0 saturated carbocycles. The molecule has 1 aromatic heterocycles. The molecule has 9 aromatic rings. The van der Waals surface area contributed by atoms with E-state index in [0.717, 1.165) is 76.5 Å². The van der Waals surface area contributed by atoms with Crippen LogP contribution in [0.2, 0.25) is 0 Å². The lowest BCUT2D eigenvalue weighted by molar-refractivity contribution is 0.673. The number of hydrogen-bond acceptors (Lipinski definition) is 1. The van der Waals surface area contributed by atoms with Crippen LogP contribution in [0.4, 0.5) is 0 Å². The molecule has 9 rings (SSSR count). The maximum absolute atomic E-state index is 8.80. The van der Waals surface area contributed by atoms with Crippen LogP contribution in [0.1, 0.15) is 6.85 Å². The number of rotatable bonds is 3. The molecule has 43 heavy (non-hydrogen) atoms. The molecule has 1 heterocycles. The van der Waals surface area contributed by atoms with Gasteiger partial charge in [0.2, 0.25) is 0 Å². The fourth-order valence-corrected chi connectivity index (χ4v) is 6.69. The fraction of sp³-hybridized carbons (Fsp3) is 0. The van der Waals surface area contributed by atoms with Crippen molar-refractivity contribution in [2.75, 3.05) is 0 Å². The van der Waals surface area contributed by atoms with E-state index in [1.807, 2.05) is 72.8 Å². The van der Waals surface area contributed by atoms with E-state index in [-0.39, 0.29) is 29.7 Å². The van der Waals surface area contributed by atoms with Gasteiger partial charge >= 0.3 is 0 Å². The van der Waals surface area contributed by atoms with Crippen LogP contribution >= 0.6 is 0 Å². The van der Waals surface area contributed by atoms with Gasteiger partial charge in [0.25, 0.3) is 0 Å². The van der Waals surface area contributed by atoms with Crippen LogP contribution in [0.5, 0.6) is 0 Å². The molecule has 0 aliphatic rings. The summed E-state index contributed by atoms with van der Waals surface area (Å²) in [6.07, 6.45) is 0. The third kappa shape index (κ3) is 3.65. The first kappa shape index (κ1) is 19.5. The summed E-state index contributed by atoms with van der Waals surface area (Å²) in [6, 6.07) is 41.8. The van der Waals surface area contributed by atoms with E-state index in [1.165, 1.54) is 0 Å². The summed E-state index contributed by atoms with van der Waals surface area (Å²) in [4.78, 5) is 0. The Morgan fingerprint density at radius 2 is 1.00 bits per heavy atom. The van der Waals surface area contributed by atoms with Crippen molar-refractivity contribution in [3.63, 3.8) is 0 Å². The number of benzene rings is 8. The van der Waals surface area contributed by atoms with Gasteiger partial charge < -0.3 is 4.42 Å². The molecule has 0 unspecified atom stereocenters. The van der Waals surface area contributed by atoms with Crippen molar-refractivity contribution in [1.82, 2.24) is 0 Å². The minimum Gasteiger partial charge on any atom is -0.455 e. The summed E-state index contributed by atoms with van der Waals surface area (Å²) in [5, 5.41) is 7.96. The van der Waals surface area contributed by atoms with E-state index in [1.54, 1.807) is 0 Å². The SMILES string of the molecule is [2H]c1c([2H])c([2H])c(-c2c3ccccc3c(-c3ccc(-c4cccc5oc6c7ccccc7ccc6c45)cc3)c3ccccc23)c([2H])c1[2H]. The molecule has 0 aliphatic heterocycles. The van der Waals surface area contributed by atoms with Gasteiger partial charge in [0.15, 0.2) is 0 Å². The van der Waals surface area contributed by atoms with Gasteiger partial charge in [-0.2, -0.15) is 0 Å². The third-order valence-corrected chi connectivity index (χ3v) is 8.55. The molecular weight excluding hydrogens is 520 g/mol. The van der Waals surface area contributed by atoms with Gasteiger partial charge in [0.05, 0.1) is 6.85 Å². The van der Waals surface area contributed by atoms with Crippen molar-refractivity contribution in [3.05, 3.63) is 158 Å². The topological polar surface area (TPSA) is 13.1 Å². The summed E-state index contributed by atoms with van der Waals surface area (Å²) < 4.78 is 49.0. The molecule has 0 amide bonds. The van der Waals surface area contributed by atoms with Gasteiger partial charge in [0.1, 0.15) is 11.2 Å². The Balaban J connectivity index is 1.27. The van der Waals surface area contributed by atoms with Crippen LogP contribution < -0.4 is 0 Å². The number of hydrogen-bond donors (Lipinski definition) is 0. The standard InChI is InChI=1S/C42H26O/c1-2-12-29(13-3-1)39-33-15-6-8-17-35(33)40(36-18-9-7-16-34(36)39)30-23-21-28(22-24-30)31-19-10-20-38-41(31)37-26-25-27-11-4-5-14-32(27)42(37)43-38/h1-26H/i1D,2D,3D,12D,13D. The highest BCUT2D eigenvalue weighted by Gasteiger charge is 2.18. The Kier molecular flexibility index (Phi) is 4.27. The molecule has 8 aromatic carbocycles. The average molecular weight is 552 g/mol. The first-order valence-corrected chi connectivity index (χ1v) is 14.4. The van der Waals surface area contributed by atoms with E-state index < -0.39 is 6.04 Å². The van der Waals surface area contributed by atoms with Crippen LogP contribution in [0.15, 0.2) is 162 Å². The predicted octanol–water partition coefficient (Wildman–Crippen LogP) is 12.0. The lowest BCUT2D eigenvalue weighted by Crippen LogP contribution is -1.90. The average Bonchev–Trinajstić information content (AvgIpc) is 3.53. The van der Waals surface area contributed by atoms with Gasteiger partial charge in [0, 0.05) is 16.2 Å². The number of fused-ring (bicyclic) bond motifs is 7. The van der Waals surface area contributed by atoms with Crippen molar-refractivity contribution >= 4 is 54.3 Å². The Morgan fingerprint density at radius 1 is 0.419 bits per heavy atom. The Bertz CT molecular complexity index is 2690. The maximum atomic E-state index is 8.80. The normalized spacial score (nSPS) is 13.3. The van der Waals surface area contributed by atoms with Gasteiger partial charge in [-0.15, -0.1) is 0 Å². The summed E-state index contributed by atoms with van der Waals surface area (Å²) in [7, 11) is 0. The zero-order valence-corrected chi connectivity index (χ0v) is 23.0. The highest BCUT2D eigenvalue weighted by molar-refractivity contribution is 6.22. The molecule has 1 heteroatoms. The minimum absolute atomic E-state index is 0.206. The van der Waals surface area contributed by atoms with E-state index in [9.17, 15) is 0 Å². The molecule has 0 aliphatic carbocycles. The van der Waals surface area contributed by atoms with Gasteiger partial charge in [-0.1, -0.05) is 145 Å². The van der Waals surface area contributed by atoms with Crippen LogP contribution in [-0.2, 0) is 0 Å². The highest BCUT2D eigenvalue weighted by Crippen LogP contribution is 2.44. The molecule has 0 saturated heterocycles. The van der Waals surface area contributed by atoms with Crippen molar-refractivity contribution < 1.29 is 11.3 Å².